The van der Waals surface area contributed by atoms with Gasteiger partial charge >= 0.3 is 0 Å². The van der Waals surface area contributed by atoms with Crippen molar-refractivity contribution in [1.29, 1.82) is 0 Å². The molecule has 0 spiro atoms. The van der Waals surface area contributed by atoms with E-state index in [1.165, 1.54) is 0 Å². The number of aryl methyl sites for hydroxylation is 2. The Morgan fingerprint density at radius 1 is 1.03 bits per heavy atom. The standard InChI is InChI=1S/C29H24ClN3O3/c1-32-17-31-16-27(32)29(35)20-7-9-25-23(13-20)22(15-28(34)33(25)2)19-5-3-4-18(12-19)10-11-36-26-14-21(29)6-8-24(26)30/h3-9,12-17,35H,10-11H2,1-2H3/t29-/m1/s1. The van der Waals surface area contributed by atoms with Crippen molar-refractivity contribution in [2.24, 2.45) is 14.1 Å². The first kappa shape index (κ1) is 22.6. The summed E-state index contributed by atoms with van der Waals surface area (Å²) in [4.78, 5) is 17.2. The highest BCUT2D eigenvalue weighted by Crippen LogP contribution is 2.41. The lowest BCUT2D eigenvalue weighted by molar-refractivity contribution is 0.117. The van der Waals surface area contributed by atoms with Crippen LogP contribution in [0.2, 0.25) is 5.02 Å². The number of halogens is 1. The number of rotatable bonds is 1. The Hall–Kier alpha value is -3.87. The van der Waals surface area contributed by atoms with Crippen molar-refractivity contribution >= 4 is 22.5 Å². The van der Waals surface area contributed by atoms with Gasteiger partial charge in [-0.2, -0.15) is 0 Å². The zero-order valence-corrected chi connectivity index (χ0v) is 20.7. The van der Waals surface area contributed by atoms with Gasteiger partial charge in [0.25, 0.3) is 5.56 Å². The van der Waals surface area contributed by atoms with E-state index in [0.29, 0.717) is 40.6 Å². The van der Waals surface area contributed by atoms with Gasteiger partial charge < -0.3 is 19.0 Å². The van der Waals surface area contributed by atoms with E-state index in [-0.39, 0.29) is 5.56 Å². The van der Waals surface area contributed by atoms with Crippen LogP contribution < -0.4 is 10.3 Å². The molecule has 3 aromatic carbocycles. The Labute approximate surface area is 213 Å². The number of benzene rings is 3. The fourth-order valence-electron chi connectivity index (χ4n) is 5.11. The van der Waals surface area contributed by atoms with E-state index >= 15 is 0 Å². The van der Waals surface area contributed by atoms with Crippen molar-refractivity contribution in [2.75, 3.05) is 6.61 Å². The molecule has 0 saturated carbocycles. The molecular formula is C29H24ClN3O3. The number of ether oxygens (including phenoxy) is 1. The van der Waals surface area contributed by atoms with Gasteiger partial charge in [0.05, 0.1) is 35.4 Å². The number of hydrogen-bond acceptors (Lipinski definition) is 4. The summed E-state index contributed by atoms with van der Waals surface area (Å²) in [6, 6.07) is 20.8. The highest BCUT2D eigenvalue weighted by Gasteiger charge is 2.37. The number of pyridine rings is 1. The molecule has 180 valence electrons. The number of aromatic nitrogens is 3. The van der Waals surface area contributed by atoms with Crippen LogP contribution >= 0.6 is 11.6 Å². The fourth-order valence-corrected chi connectivity index (χ4v) is 5.28. The molecule has 6 rings (SSSR count). The zero-order valence-electron chi connectivity index (χ0n) is 19.9. The number of nitrogens with zero attached hydrogens (tertiary/aromatic N) is 3. The second-order valence-electron chi connectivity index (χ2n) is 9.23. The van der Waals surface area contributed by atoms with Crippen molar-refractivity contribution in [3.8, 4) is 16.9 Å². The summed E-state index contributed by atoms with van der Waals surface area (Å²) in [5, 5.41) is 13.9. The van der Waals surface area contributed by atoms with Crippen LogP contribution in [-0.2, 0) is 26.1 Å². The lowest BCUT2D eigenvalue weighted by Crippen LogP contribution is -2.31. The molecule has 2 aromatic heterocycles. The van der Waals surface area contributed by atoms with E-state index in [1.54, 1.807) is 46.9 Å². The Morgan fingerprint density at radius 2 is 1.83 bits per heavy atom. The molecule has 3 heterocycles. The summed E-state index contributed by atoms with van der Waals surface area (Å²) in [6.45, 7) is 0.411. The molecule has 7 heteroatoms. The maximum absolute atomic E-state index is 12.9. The number of fused-ring (bicyclic) bond motifs is 6. The van der Waals surface area contributed by atoms with Crippen LogP contribution in [0.1, 0.15) is 22.4 Å². The lowest BCUT2D eigenvalue weighted by atomic mass is 9.82. The van der Waals surface area contributed by atoms with E-state index < -0.39 is 5.60 Å². The van der Waals surface area contributed by atoms with Gasteiger partial charge in [-0.1, -0.05) is 48.0 Å². The van der Waals surface area contributed by atoms with Crippen molar-refractivity contribution < 1.29 is 9.84 Å². The maximum Gasteiger partial charge on any atom is 0.251 e. The predicted molar refractivity (Wildman–Crippen MR) is 141 cm³/mol. The Kier molecular flexibility index (Phi) is 5.25. The highest BCUT2D eigenvalue weighted by molar-refractivity contribution is 6.32. The highest BCUT2D eigenvalue weighted by atomic mass is 35.5. The molecule has 0 radical (unpaired) electrons. The molecule has 0 fully saturated rings. The first-order valence-corrected chi connectivity index (χ1v) is 12.1. The topological polar surface area (TPSA) is 69.3 Å². The van der Waals surface area contributed by atoms with Crippen molar-refractivity contribution in [2.45, 2.75) is 12.0 Å². The Balaban J connectivity index is 1.75. The molecule has 6 nitrogen and oxygen atoms in total. The van der Waals surface area contributed by atoms with Gasteiger partial charge in [0.2, 0.25) is 0 Å². The van der Waals surface area contributed by atoms with Gasteiger partial charge in [0, 0.05) is 32.0 Å². The smallest absolute Gasteiger partial charge is 0.251 e. The molecule has 0 saturated heterocycles. The monoisotopic (exact) mass is 497 g/mol. The SMILES string of the molecule is Cn1cncc1[C@]1(O)c2ccc(Cl)c(c2)OCCc2cccc(c2)-c2cc(=O)n(C)c3ccc1cc23. The van der Waals surface area contributed by atoms with Crippen LogP contribution in [0.5, 0.6) is 5.75 Å². The van der Waals surface area contributed by atoms with Gasteiger partial charge in [0.15, 0.2) is 5.60 Å². The minimum absolute atomic E-state index is 0.0932. The van der Waals surface area contributed by atoms with Gasteiger partial charge in [0.1, 0.15) is 5.75 Å². The maximum atomic E-state index is 12.9. The van der Waals surface area contributed by atoms with Crippen molar-refractivity contribution in [3.05, 3.63) is 117 Å². The molecule has 36 heavy (non-hydrogen) atoms. The van der Waals surface area contributed by atoms with Crippen LogP contribution in [0.3, 0.4) is 0 Å². The molecule has 1 aliphatic heterocycles. The van der Waals surface area contributed by atoms with Crippen LogP contribution in [0, 0.1) is 0 Å². The summed E-state index contributed by atoms with van der Waals surface area (Å²) in [5.74, 6) is 0.506. The summed E-state index contributed by atoms with van der Waals surface area (Å²) < 4.78 is 9.52. The fraction of sp³-hybridized carbons (Fsp3) is 0.172. The number of imidazole rings is 1. The van der Waals surface area contributed by atoms with Gasteiger partial charge in [-0.3, -0.25) is 4.79 Å². The summed E-state index contributed by atoms with van der Waals surface area (Å²) in [7, 11) is 3.61. The molecular weight excluding hydrogens is 474 g/mol. The van der Waals surface area contributed by atoms with E-state index in [1.807, 2.05) is 49.5 Å². The summed E-state index contributed by atoms with van der Waals surface area (Å²) in [5.41, 5.74) is 3.82. The average Bonchev–Trinajstić information content (AvgIpc) is 3.32. The summed E-state index contributed by atoms with van der Waals surface area (Å²) >= 11 is 6.49. The number of hydrogen-bond donors (Lipinski definition) is 1. The minimum atomic E-state index is -1.56. The number of aliphatic hydroxyl groups is 1. The van der Waals surface area contributed by atoms with Crippen molar-refractivity contribution in [3.63, 3.8) is 0 Å². The Morgan fingerprint density at radius 3 is 2.64 bits per heavy atom. The van der Waals surface area contributed by atoms with Crippen molar-refractivity contribution in [1.82, 2.24) is 14.1 Å². The van der Waals surface area contributed by atoms with E-state index in [2.05, 4.69) is 11.1 Å². The first-order valence-electron chi connectivity index (χ1n) is 11.7. The molecule has 1 aliphatic rings. The minimum Gasteiger partial charge on any atom is -0.492 e. The van der Waals surface area contributed by atoms with Crippen LogP contribution in [0.15, 0.2) is 84.0 Å². The second-order valence-corrected chi connectivity index (χ2v) is 9.64. The molecule has 1 N–H and O–H groups in total. The van der Waals surface area contributed by atoms with Crippen LogP contribution in [0.4, 0.5) is 0 Å². The largest absolute Gasteiger partial charge is 0.492 e. The molecule has 5 aromatic rings. The van der Waals surface area contributed by atoms with Gasteiger partial charge in [-0.25, -0.2) is 4.98 Å². The lowest BCUT2D eigenvalue weighted by Gasteiger charge is -2.31. The van der Waals surface area contributed by atoms with Gasteiger partial charge in [-0.05, 0) is 52.1 Å². The van der Waals surface area contributed by atoms with E-state index in [0.717, 1.165) is 27.6 Å². The quantitative estimate of drug-likeness (QED) is 0.361. The third kappa shape index (κ3) is 3.45. The van der Waals surface area contributed by atoms with Crippen LogP contribution in [-0.4, -0.2) is 25.8 Å². The molecule has 1 atom stereocenters. The van der Waals surface area contributed by atoms with E-state index in [4.69, 9.17) is 16.3 Å². The molecule has 0 amide bonds. The molecule has 0 unspecified atom stereocenters. The molecule has 6 bridgehead atoms. The Bertz CT molecular complexity index is 1700. The zero-order chi connectivity index (χ0) is 25.0. The first-order chi connectivity index (χ1) is 17.4. The summed E-state index contributed by atoms with van der Waals surface area (Å²) in [6.07, 6.45) is 3.98. The van der Waals surface area contributed by atoms with Crippen LogP contribution in [0.25, 0.3) is 22.0 Å². The third-order valence-corrected chi connectivity index (χ3v) is 7.40. The molecule has 0 aliphatic carbocycles. The third-order valence-electron chi connectivity index (χ3n) is 7.09. The average molecular weight is 498 g/mol. The predicted octanol–water partition coefficient (Wildman–Crippen LogP) is 4.81. The normalized spacial score (nSPS) is 17.1. The van der Waals surface area contributed by atoms with Gasteiger partial charge in [-0.15, -0.1) is 0 Å². The van der Waals surface area contributed by atoms with E-state index in [9.17, 15) is 9.90 Å². The second kappa shape index (κ2) is 8.36.